The van der Waals surface area contributed by atoms with Crippen molar-refractivity contribution in [3.05, 3.63) is 65.2 Å². The third-order valence-electron chi connectivity index (χ3n) is 4.19. The topological polar surface area (TPSA) is 24.9 Å². The molecule has 1 heterocycles. The molecular formula is C17H19FN2. The lowest BCUT2D eigenvalue weighted by atomic mass is 9.76. The lowest BCUT2D eigenvalue weighted by molar-refractivity contribution is 0.289. The van der Waals surface area contributed by atoms with Crippen LogP contribution in [0.25, 0.3) is 0 Å². The normalized spacial score (nSPS) is 21.5. The Labute approximate surface area is 119 Å². The number of nitrogens with zero attached hydrogens (tertiary/aromatic N) is 1. The Morgan fingerprint density at radius 3 is 2.90 bits per heavy atom. The third kappa shape index (κ3) is 2.88. The van der Waals surface area contributed by atoms with Crippen molar-refractivity contribution in [1.29, 1.82) is 0 Å². The molecule has 0 spiro atoms. The zero-order chi connectivity index (χ0) is 13.9. The lowest BCUT2D eigenvalue weighted by Gasteiger charge is -2.36. The molecule has 0 aliphatic heterocycles. The van der Waals surface area contributed by atoms with Crippen molar-refractivity contribution >= 4 is 0 Å². The van der Waals surface area contributed by atoms with Crippen molar-refractivity contribution in [3.63, 3.8) is 0 Å². The SMILES string of the molecule is Cc1ccncc1CNC1CC(c2cccc(F)c2)C1. The largest absolute Gasteiger partial charge is 0.310 e. The number of hydrogen-bond acceptors (Lipinski definition) is 2. The number of nitrogens with one attached hydrogen (secondary N) is 1. The van der Waals surface area contributed by atoms with Gasteiger partial charge in [-0.2, -0.15) is 0 Å². The molecule has 0 atom stereocenters. The van der Waals surface area contributed by atoms with E-state index < -0.39 is 0 Å². The van der Waals surface area contributed by atoms with E-state index in [9.17, 15) is 4.39 Å². The van der Waals surface area contributed by atoms with E-state index in [2.05, 4.69) is 17.2 Å². The highest BCUT2D eigenvalue weighted by molar-refractivity contribution is 5.24. The maximum atomic E-state index is 13.2. The van der Waals surface area contributed by atoms with Crippen molar-refractivity contribution in [1.82, 2.24) is 10.3 Å². The fraction of sp³-hybridized carbons (Fsp3) is 0.353. The van der Waals surface area contributed by atoms with Gasteiger partial charge in [0.25, 0.3) is 0 Å². The van der Waals surface area contributed by atoms with E-state index in [0.717, 1.165) is 24.9 Å². The Morgan fingerprint density at radius 2 is 2.15 bits per heavy atom. The summed E-state index contributed by atoms with van der Waals surface area (Å²) in [5.41, 5.74) is 3.65. The molecule has 1 aromatic carbocycles. The van der Waals surface area contributed by atoms with Crippen molar-refractivity contribution in [2.75, 3.05) is 0 Å². The summed E-state index contributed by atoms with van der Waals surface area (Å²) < 4.78 is 13.2. The molecule has 0 radical (unpaired) electrons. The van der Waals surface area contributed by atoms with E-state index in [0.29, 0.717) is 12.0 Å². The van der Waals surface area contributed by atoms with Crippen molar-refractivity contribution in [2.24, 2.45) is 0 Å². The van der Waals surface area contributed by atoms with Gasteiger partial charge >= 0.3 is 0 Å². The zero-order valence-electron chi connectivity index (χ0n) is 11.6. The first-order chi connectivity index (χ1) is 9.72. The molecule has 0 unspecified atom stereocenters. The Hall–Kier alpha value is -1.74. The third-order valence-corrected chi connectivity index (χ3v) is 4.19. The van der Waals surface area contributed by atoms with Crippen LogP contribution < -0.4 is 5.32 Å². The van der Waals surface area contributed by atoms with Gasteiger partial charge in [0.1, 0.15) is 5.82 Å². The molecular weight excluding hydrogens is 251 g/mol. The molecule has 0 saturated heterocycles. The molecule has 0 amide bonds. The molecule has 104 valence electrons. The minimum Gasteiger partial charge on any atom is -0.310 e. The number of pyridine rings is 1. The Kier molecular flexibility index (Phi) is 3.79. The first-order valence-corrected chi connectivity index (χ1v) is 7.10. The van der Waals surface area contributed by atoms with Crippen molar-refractivity contribution < 1.29 is 4.39 Å². The predicted octanol–water partition coefficient (Wildman–Crippen LogP) is 3.56. The van der Waals surface area contributed by atoms with Gasteiger partial charge in [0.15, 0.2) is 0 Å². The summed E-state index contributed by atoms with van der Waals surface area (Å²) in [7, 11) is 0. The van der Waals surface area contributed by atoms with Crippen LogP contribution in [0.15, 0.2) is 42.7 Å². The highest BCUT2D eigenvalue weighted by Gasteiger charge is 2.29. The van der Waals surface area contributed by atoms with Gasteiger partial charge in [-0.15, -0.1) is 0 Å². The smallest absolute Gasteiger partial charge is 0.123 e. The molecule has 2 nitrogen and oxygen atoms in total. The minimum absolute atomic E-state index is 0.134. The zero-order valence-corrected chi connectivity index (χ0v) is 11.6. The summed E-state index contributed by atoms with van der Waals surface area (Å²) in [6.45, 7) is 2.97. The van der Waals surface area contributed by atoms with Gasteiger partial charge in [0.05, 0.1) is 0 Å². The van der Waals surface area contributed by atoms with Gasteiger partial charge in [-0.25, -0.2) is 4.39 Å². The molecule has 1 aromatic heterocycles. The molecule has 1 saturated carbocycles. The monoisotopic (exact) mass is 270 g/mol. The molecule has 1 fully saturated rings. The van der Waals surface area contributed by atoms with Crippen LogP contribution in [0.1, 0.15) is 35.4 Å². The molecule has 1 N–H and O–H groups in total. The van der Waals surface area contributed by atoms with Crippen LogP contribution in [0.5, 0.6) is 0 Å². The minimum atomic E-state index is -0.134. The Bertz CT molecular complexity index is 591. The van der Waals surface area contributed by atoms with Gasteiger partial charge in [0, 0.05) is 25.0 Å². The van der Waals surface area contributed by atoms with Gasteiger partial charge in [0.2, 0.25) is 0 Å². The number of aryl methyl sites for hydroxylation is 1. The van der Waals surface area contributed by atoms with E-state index in [1.54, 1.807) is 12.1 Å². The first kappa shape index (κ1) is 13.3. The fourth-order valence-corrected chi connectivity index (χ4v) is 2.75. The second-order valence-corrected chi connectivity index (χ2v) is 5.60. The van der Waals surface area contributed by atoms with Crippen LogP contribution >= 0.6 is 0 Å². The van der Waals surface area contributed by atoms with Gasteiger partial charge < -0.3 is 5.32 Å². The molecule has 3 rings (SSSR count). The van der Waals surface area contributed by atoms with Crippen LogP contribution in [-0.4, -0.2) is 11.0 Å². The van der Waals surface area contributed by atoms with Crippen LogP contribution in [0, 0.1) is 12.7 Å². The van der Waals surface area contributed by atoms with Crippen LogP contribution in [0.4, 0.5) is 4.39 Å². The number of benzene rings is 1. The summed E-state index contributed by atoms with van der Waals surface area (Å²) in [6, 6.07) is 9.55. The second-order valence-electron chi connectivity index (χ2n) is 5.60. The highest BCUT2D eigenvalue weighted by atomic mass is 19.1. The fourth-order valence-electron chi connectivity index (χ4n) is 2.75. The number of halogens is 1. The molecule has 2 aromatic rings. The quantitative estimate of drug-likeness (QED) is 0.918. The molecule has 3 heteroatoms. The van der Waals surface area contributed by atoms with Crippen LogP contribution in [-0.2, 0) is 6.54 Å². The maximum absolute atomic E-state index is 13.2. The average Bonchev–Trinajstić information content (AvgIpc) is 2.39. The van der Waals surface area contributed by atoms with E-state index >= 15 is 0 Å². The summed E-state index contributed by atoms with van der Waals surface area (Å²) >= 11 is 0. The Balaban J connectivity index is 1.50. The highest BCUT2D eigenvalue weighted by Crippen LogP contribution is 2.37. The molecule has 0 bridgehead atoms. The number of aromatic nitrogens is 1. The van der Waals surface area contributed by atoms with Crippen LogP contribution in [0.3, 0.4) is 0 Å². The lowest BCUT2D eigenvalue weighted by Crippen LogP contribution is -2.39. The van der Waals surface area contributed by atoms with E-state index in [1.807, 2.05) is 24.5 Å². The molecule has 1 aliphatic rings. The van der Waals surface area contributed by atoms with Crippen LogP contribution in [0.2, 0.25) is 0 Å². The van der Waals surface area contributed by atoms with E-state index in [1.165, 1.54) is 17.2 Å². The van der Waals surface area contributed by atoms with Gasteiger partial charge in [-0.05, 0) is 60.6 Å². The van der Waals surface area contributed by atoms with E-state index in [-0.39, 0.29) is 5.82 Å². The first-order valence-electron chi connectivity index (χ1n) is 7.10. The summed E-state index contributed by atoms with van der Waals surface area (Å²) in [5, 5.41) is 3.56. The summed E-state index contributed by atoms with van der Waals surface area (Å²) in [5.74, 6) is 0.364. The second kappa shape index (κ2) is 5.71. The van der Waals surface area contributed by atoms with E-state index in [4.69, 9.17) is 0 Å². The predicted molar refractivity (Wildman–Crippen MR) is 78.0 cm³/mol. The maximum Gasteiger partial charge on any atom is 0.123 e. The Morgan fingerprint density at radius 1 is 1.30 bits per heavy atom. The average molecular weight is 270 g/mol. The van der Waals surface area contributed by atoms with Gasteiger partial charge in [-0.3, -0.25) is 4.98 Å². The number of hydrogen-bond donors (Lipinski definition) is 1. The van der Waals surface area contributed by atoms with Crippen molar-refractivity contribution in [2.45, 2.75) is 38.3 Å². The molecule has 1 aliphatic carbocycles. The molecule has 20 heavy (non-hydrogen) atoms. The number of rotatable bonds is 4. The summed E-state index contributed by atoms with van der Waals surface area (Å²) in [6.07, 6.45) is 5.92. The van der Waals surface area contributed by atoms with Gasteiger partial charge in [-0.1, -0.05) is 12.1 Å². The standard InChI is InChI=1S/C17H19FN2/c1-12-5-6-19-10-15(12)11-20-17-8-14(9-17)13-3-2-4-16(18)7-13/h2-7,10,14,17,20H,8-9,11H2,1H3. The van der Waals surface area contributed by atoms with Crippen molar-refractivity contribution in [3.8, 4) is 0 Å². The summed E-state index contributed by atoms with van der Waals surface area (Å²) in [4.78, 5) is 4.16.